The Bertz CT molecular complexity index is 974. The van der Waals surface area contributed by atoms with E-state index in [1.807, 2.05) is 0 Å². The van der Waals surface area contributed by atoms with Crippen LogP contribution < -0.4 is 11.1 Å². The zero-order chi connectivity index (χ0) is 17.1. The van der Waals surface area contributed by atoms with Crippen LogP contribution in [0.2, 0.25) is 0 Å². The monoisotopic (exact) mass is 328 g/mol. The third kappa shape index (κ3) is 3.40. The van der Waals surface area contributed by atoms with E-state index in [1.54, 1.807) is 24.3 Å². The van der Waals surface area contributed by atoms with Crippen molar-refractivity contribution >= 4 is 28.5 Å². The van der Waals surface area contributed by atoms with E-state index >= 15 is 0 Å². The topological polar surface area (TPSA) is 92.2 Å². The molecular formula is C17H13FN2O4. The third-order valence-electron chi connectivity index (χ3n) is 3.46. The highest BCUT2D eigenvalue weighted by molar-refractivity contribution is 6.00. The molecule has 0 aliphatic rings. The molecule has 0 aliphatic heterocycles. The first-order chi connectivity index (χ1) is 11.5. The molecule has 1 heterocycles. The fraction of sp³-hybridized carbons (Fsp3) is 0.118. The quantitative estimate of drug-likeness (QED) is 0.704. The minimum Gasteiger partial charge on any atom is -0.408 e. The van der Waals surface area contributed by atoms with Crippen LogP contribution in [0.25, 0.3) is 11.1 Å². The molecule has 0 spiro atoms. The molecule has 0 saturated carbocycles. The Hall–Kier alpha value is -3.22. The molecule has 2 aromatic carbocycles. The number of aromatic nitrogens is 1. The summed E-state index contributed by atoms with van der Waals surface area (Å²) in [5.74, 6) is -2.00. The molecule has 0 saturated heterocycles. The lowest BCUT2D eigenvalue weighted by molar-refractivity contribution is -0.116. The smallest absolute Gasteiger partial charge is 0.408 e. The van der Waals surface area contributed by atoms with Crippen molar-refractivity contribution < 1.29 is 18.4 Å². The highest BCUT2D eigenvalue weighted by Gasteiger charge is 2.13. The number of nitrogens with one attached hydrogen (secondary N) is 2. The number of benzene rings is 2. The van der Waals surface area contributed by atoms with Gasteiger partial charge in [-0.3, -0.25) is 14.6 Å². The minimum atomic E-state index is -0.600. The number of anilines is 1. The molecule has 1 amide bonds. The molecule has 0 bridgehead atoms. The predicted molar refractivity (Wildman–Crippen MR) is 85.4 cm³/mol. The van der Waals surface area contributed by atoms with Crippen molar-refractivity contribution in [2.24, 2.45) is 0 Å². The maximum absolute atomic E-state index is 13.5. The van der Waals surface area contributed by atoms with Gasteiger partial charge in [0.15, 0.2) is 11.4 Å². The molecule has 7 heteroatoms. The number of carbonyl (C=O) groups is 2. The first kappa shape index (κ1) is 15.7. The van der Waals surface area contributed by atoms with Crippen LogP contribution in [0.5, 0.6) is 0 Å². The molecule has 3 rings (SSSR count). The van der Waals surface area contributed by atoms with Crippen molar-refractivity contribution in [2.75, 3.05) is 5.32 Å². The van der Waals surface area contributed by atoms with Gasteiger partial charge in [0.05, 0.1) is 11.1 Å². The Morgan fingerprint density at radius 1 is 1.12 bits per heavy atom. The van der Waals surface area contributed by atoms with Crippen molar-refractivity contribution in [3.63, 3.8) is 0 Å². The largest absolute Gasteiger partial charge is 0.417 e. The number of rotatable bonds is 5. The van der Waals surface area contributed by atoms with Crippen LogP contribution >= 0.6 is 0 Å². The van der Waals surface area contributed by atoms with Gasteiger partial charge in [-0.1, -0.05) is 12.1 Å². The number of hydrogen-bond donors (Lipinski definition) is 2. The van der Waals surface area contributed by atoms with Gasteiger partial charge in [-0.25, -0.2) is 9.18 Å². The molecule has 24 heavy (non-hydrogen) atoms. The van der Waals surface area contributed by atoms with Crippen molar-refractivity contribution in [2.45, 2.75) is 12.8 Å². The standard InChI is InChI=1S/C17H13FN2O4/c18-12-4-2-1-3-11(12)14(21)6-8-16(22)19-10-5-7-15-13(9-10)20-17(23)24-15/h1-5,7,9H,6,8H2,(H,19,22)(H,20,23). The van der Waals surface area contributed by atoms with E-state index in [0.717, 1.165) is 0 Å². The Morgan fingerprint density at radius 3 is 2.71 bits per heavy atom. The zero-order valence-electron chi connectivity index (χ0n) is 12.5. The SMILES string of the molecule is O=C(CCC(=O)c1ccccc1F)Nc1ccc2oc(=O)[nH]c2c1. The van der Waals surface area contributed by atoms with E-state index < -0.39 is 17.4 Å². The number of aromatic amines is 1. The van der Waals surface area contributed by atoms with Crippen LogP contribution in [0.1, 0.15) is 23.2 Å². The number of amides is 1. The molecule has 0 atom stereocenters. The van der Waals surface area contributed by atoms with Gasteiger partial charge >= 0.3 is 5.76 Å². The number of H-pyrrole nitrogens is 1. The summed E-state index contributed by atoms with van der Waals surface area (Å²) in [4.78, 5) is 37.4. The summed E-state index contributed by atoms with van der Waals surface area (Å²) >= 11 is 0. The molecule has 122 valence electrons. The molecule has 1 aromatic heterocycles. The molecular weight excluding hydrogens is 315 g/mol. The summed E-state index contributed by atoms with van der Waals surface area (Å²) in [5.41, 5.74) is 1.28. The lowest BCUT2D eigenvalue weighted by atomic mass is 10.1. The summed E-state index contributed by atoms with van der Waals surface area (Å²) in [6.45, 7) is 0. The summed E-state index contributed by atoms with van der Waals surface area (Å²) in [6.07, 6.45) is -0.176. The van der Waals surface area contributed by atoms with E-state index in [9.17, 15) is 18.8 Å². The third-order valence-corrected chi connectivity index (χ3v) is 3.46. The second-order valence-electron chi connectivity index (χ2n) is 5.18. The fourth-order valence-electron chi connectivity index (χ4n) is 2.30. The van der Waals surface area contributed by atoms with Gasteiger partial charge in [0.25, 0.3) is 0 Å². The second kappa shape index (κ2) is 6.49. The van der Waals surface area contributed by atoms with Crippen LogP contribution in [0, 0.1) is 5.82 Å². The normalized spacial score (nSPS) is 10.7. The van der Waals surface area contributed by atoms with Gasteiger partial charge < -0.3 is 9.73 Å². The average Bonchev–Trinajstić information content (AvgIpc) is 2.92. The van der Waals surface area contributed by atoms with Crippen LogP contribution in [-0.4, -0.2) is 16.7 Å². The minimum absolute atomic E-state index is 0.0253. The summed E-state index contributed by atoms with van der Waals surface area (Å²) in [7, 11) is 0. The predicted octanol–water partition coefficient (Wildman–Crippen LogP) is 2.86. The van der Waals surface area contributed by atoms with Crippen LogP contribution in [0.3, 0.4) is 0 Å². The maximum Gasteiger partial charge on any atom is 0.417 e. The van der Waals surface area contributed by atoms with Gasteiger partial charge in [0.1, 0.15) is 5.82 Å². The first-order valence-corrected chi connectivity index (χ1v) is 7.23. The number of ketones is 1. The lowest BCUT2D eigenvalue weighted by Gasteiger charge is -2.05. The molecule has 6 nitrogen and oxygen atoms in total. The lowest BCUT2D eigenvalue weighted by Crippen LogP contribution is -2.14. The van der Waals surface area contributed by atoms with Gasteiger partial charge in [0, 0.05) is 18.5 Å². The fourth-order valence-corrected chi connectivity index (χ4v) is 2.30. The van der Waals surface area contributed by atoms with E-state index in [-0.39, 0.29) is 24.3 Å². The van der Waals surface area contributed by atoms with Crippen LogP contribution in [-0.2, 0) is 4.79 Å². The number of fused-ring (bicyclic) bond motifs is 1. The summed E-state index contributed by atoms with van der Waals surface area (Å²) < 4.78 is 18.4. The highest BCUT2D eigenvalue weighted by Crippen LogP contribution is 2.17. The van der Waals surface area contributed by atoms with E-state index in [1.165, 1.54) is 18.2 Å². The van der Waals surface area contributed by atoms with Crippen LogP contribution in [0.4, 0.5) is 10.1 Å². The maximum atomic E-state index is 13.5. The molecule has 0 radical (unpaired) electrons. The molecule has 2 N–H and O–H groups in total. The summed E-state index contributed by atoms with van der Waals surface area (Å²) in [6, 6.07) is 10.3. The van der Waals surface area contributed by atoms with Gasteiger partial charge in [-0.15, -0.1) is 0 Å². The van der Waals surface area contributed by atoms with Crippen molar-refractivity contribution in [1.82, 2.24) is 4.98 Å². The molecule has 0 aliphatic carbocycles. The Kier molecular flexibility index (Phi) is 4.24. The number of carbonyl (C=O) groups excluding carboxylic acids is 2. The second-order valence-corrected chi connectivity index (χ2v) is 5.18. The Morgan fingerprint density at radius 2 is 1.92 bits per heavy atom. The number of oxazole rings is 1. The Labute approximate surface area is 135 Å². The van der Waals surface area contributed by atoms with Gasteiger partial charge in [-0.05, 0) is 30.3 Å². The van der Waals surface area contributed by atoms with Crippen molar-refractivity contribution in [3.05, 3.63) is 64.4 Å². The van der Waals surface area contributed by atoms with E-state index in [2.05, 4.69) is 10.3 Å². The molecule has 0 fully saturated rings. The number of Topliss-reactive ketones (excluding diaryl/α,β-unsaturated/α-hetero) is 1. The average molecular weight is 328 g/mol. The van der Waals surface area contributed by atoms with Crippen molar-refractivity contribution in [3.8, 4) is 0 Å². The first-order valence-electron chi connectivity index (χ1n) is 7.23. The van der Waals surface area contributed by atoms with Crippen molar-refractivity contribution in [1.29, 1.82) is 0 Å². The van der Waals surface area contributed by atoms with E-state index in [0.29, 0.717) is 16.8 Å². The molecule has 3 aromatic rings. The summed E-state index contributed by atoms with van der Waals surface area (Å²) in [5, 5.41) is 2.62. The van der Waals surface area contributed by atoms with Gasteiger partial charge in [0.2, 0.25) is 5.91 Å². The number of hydrogen-bond acceptors (Lipinski definition) is 4. The van der Waals surface area contributed by atoms with Gasteiger partial charge in [-0.2, -0.15) is 0 Å². The Balaban J connectivity index is 1.61. The zero-order valence-corrected chi connectivity index (χ0v) is 12.5. The highest BCUT2D eigenvalue weighted by atomic mass is 19.1. The number of halogens is 1. The molecule has 0 unspecified atom stereocenters. The van der Waals surface area contributed by atoms with Crippen LogP contribution in [0.15, 0.2) is 51.7 Å². The van der Waals surface area contributed by atoms with E-state index in [4.69, 9.17) is 4.42 Å².